The smallest absolute Gasteiger partial charge is 0.274 e. The summed E-state index contributed by atoms with van der Waals surface area (Å²) in [5.41, 5.74) is 1.16. The van der Waals surface area contributed by atoms with E-state index in [-0.39, 0.29) is 5.91 Å². The SMILES string of the molecule is O=C(Nc1ccncc1)c1cccc(N2CCN(C3CCCNCC3)CC2)n1. The Morgan fingerprint density at radius 2 is 1.86 bits per heavy atom. The van der Waals surface area contributed by atoms with Crippen LogP contribution in [-0.4, -0.2) is 66.1 Å². The molecule has 4 rings (SSSR count). The fourth-order valence-electron chi connectivity index (χ4n) is 4.04. The lowest BCUT2D eigenvalue weighted by atomic mass is 10.1. The zero-order chi connectivity index (χ0) is 19.2. The number of pyridine rings is 2. The standard InChI is InChI=1S/C21H28N6O/c28-21(24-17-6-10-23-11-7-17)19-4-1-5-20(25-19)27-15-13-26(14-16-27)18-3-2-9-22-12-8-18/h1,4-7,10-11,18,22H,2-3,8-9,12-16H2,(H,23,24,28). The highest BCUT2D eigenvalue weighted by molar-refractivity contribution is 6.03. The first-order valence-corrected chi connectivity index (χ1v) is 10.2. The van der Waals surface area contributed by atoms with Crippen LogP contribution < -0.4 is 15.5 Å². The van der Waals surface area contributed by atoms with Gasteiger partial charge in [0.25, 0.3) is 5.91 Å². The fourth-order valence-corrected chi connectivity index (χ4v) is 4.04. The first-order chi connectivity index (χ1) is 13.8. The van der Waals surface area contributed by atoms with Gasteiger partial charge in [-0.15, -0.1) is 0 Å². The quantitative estimate of drug-likeness (QED) is 0.845. The van der Waals surface area contributed by atoms with Gasteiger partial charge < -0.3 is 15.5 Å². The van der Waals surface area contributed by atoms with Crippen molar-refractivity contribution in [3.8, 4) is 0 Å². The van der Waals surface area contributed by atoms with Gasteiger partial charge >= 0.3 is 0 Å². The highest BCUT2D eigenvalue weighted by Gasteiger charge is 2.25. The molecule has 0 radical (unpaired) electrons. The maximum Gasteiger partial charge on any atom is 0.274 e. The Balaban J connectivity index is 1.36. The Morgan fingerprint density at radius 3 is 2.68 bits per heavy atom. The molecule has 7 nitrogen and oxygen atoms in total. The summed E-state index contributed by atoms with van der Waals surface area (Å²) in [6.45, 7) is 6.29. The number of piperazine rings is 1. The normalized spacial score (nSPS) is 21.1. The summed E-state index contributed by atoms with van der Waals surface area (Å²) in [5.74, 6) is 0.683. The maximum absolute atomic E-state index is 12.5. The van der Waals surface area contributed by atoms with Gasteiger partial charge in [-0.3, -0.25) is 14.7 Å². The molecule has 7 heteroatoms. The first-order valence-electron chi connectivity index (χ1n) is 10.2. The van der Waals surface area contributed by atoms with Crippen molar-refractivity contribution in [3.05, 3.63) is 48.4 Å². The first kappa shape index (κ1) is 18.8. The van der Waals surface area contributed by atoms with Gasteiger partial charge in [0.15, 0.2) is 0 Å². The molecule has 2 N–H and O–H groups in total. The van der Waals surface area contributed by atoms with E-state index in [9.17, 15) is 4.79 Å². The molecule has 1 atom stereocenters. The molecule has 4 heterocycles. The van der Waals surface area contributed by atoms with Crippen LogP contribution >= 0.6 is 0 Å². The lowest BCUT2D eigenvalue weighted by molar-refractivity contribution is 0.102. The predicted molar refractivity (Wildman–Crippen MR) is 111 cm³/mol. The van der Waals surface area contributed by atoms with Crippen LogP contribution in [-0.2, 0) is 0 Å². The van der Waals surface area contributed by atoms with Crippen LogP contribution in [0, 0.1) is 0 Å². The molecular weight excluding hydrogens is 352 g/mol. The molecule has 0 saturated carbocycles. The van der Waals surface area contributed by atoms with Crippen LogP contribution in [0.1, 0.15) is 29.8 Å². The zero-order valence-corrected chi connectivity index (χ0v) is 16.2. The van der Waals surface area contributed by atoms with Crippen molar-refractivity contribution in [2.45, 2.75) is 25.3 Å². The summed E-state index contributed by atoms with van der Waals surface area (Å²) >= 11 is 0. The molecule has 0 spiro atoms. The van der Waals surface area contributed by atoms with Crippen LogP contribution in [0.3, 0.4) is 0 Å². The summed E-state index contributed by atoms with van der Waals surface area (Å²) in [6, 6.07) is 9.90. The van der Waals surface area contributed by atoms with E-state index in [1.165, 1.54) is 19.3 Å². The number of rotatable bonds is 4. The van der Waals surface area contributed by atoms with Gasteiger partial charge in [0.2, 0.25) is 0 Å². The molecule has 0 aromatic carbocycles. The van der Waals surface area contributed by atoms with E-state index in [2.05, 4.69) is 30.4 Å². The minimum absolute atomic E-state index is 0.197. The molecule has 0 bridgehead atoms. The van der Waals surface area contributed by atoms with Crippen molar-refractivity contribution in [1.29, 1.82) is 0 Å². The summed E-state index contributed by atoms with van der Waals surface area (Å²) in [6.07, 6.45) is 7.10. The number of nitrogens with zero attached hydrogens (tertiary/aromatic N) is 4. The molecule has 2 aromatic heterocycles. The number of carbonyl (C=O) groups excluding carboxylic acids is 1. The van der Waals surface area contributed by atoms with Crippen molar-refractivity contribution in [2.75, 3.05) is 49.5 Å². The van der Waals surface area contributed by atoms with Gasteiger partial charge in [-0.05, 0) is 56.6 Å². The number of anilines is 2. The Morgan fingerprint density at radius 1 is 1.04 bits per heavy atom. The second-order valence-electron chi connectivity index (χ2n) is 7.43. The van der Waals surface area contributed by atoms with Gasteiger partial charge in [0.05, 0.1) is 0 Å². The monoisotopic (exact) mass is 380 g/mol. The van der Waals surface area contributed by atoms with Gasteiger partial charge in [-0.25, -0.2) is 4.98 Å². The van der Waals surface area contributed by atoms with Gasteiger partial charge in [0.1, 0.15) is 11.5 Å². The van der Waals surface area contributed by atoms with Crippen LogP contribution in [0.15, 0.2) is 42.7 Å². The lowest BCUT2D eigenvalue weighted by Gasteiger charge is -2.39. The molecule has 2 aliphatic rings. The fraction of sp³-hybridized carbons (Fsp3) is 0.476. The second kappa shape index (κ2) is 9.12. The average Bonchev–Trinajstić information content (AvgIpc) is 3.04. The van der Waals surface area contributed by atoms with E-state index < -0.39 is 0 Å². The summed E-state index contributed by atoms with van der Waals surface area (Å²) < 4.78 is 0. The zero-order valence-electron chi connectivity index (χ0n) is 16.2. The van der Waals surface area contributed by atoms with Crippen molar-refractivity contribution >= 4 is 17.4 Å². The Hall–Kier alpha value is -2.51. The van der Waals surface area contributed by atoms with Crippen molar-refractivity contribution < 1.29 is 4.79 Å². The largest absolute Gasteiger partial charge is 0.354 e. The van der Waals surface area contributed by atoms with Gasteiger partial charge in [0, 0.05) is 50.3 Å². The highest BCUT2D eigenvalue weighted by Crippen LogP contribution is 2.19. The predicted octanol–water partition coefficient (Wildman–Crippen LogP) is 1.99. The third-order valence-electron chi connectivity index (χ3n) is 5.61. The number of hydrogen-bond acceptors (Lipinski definition) is 6. The summed E-state index contributed by atoms with van der Waals surface area (Å²) in [4.78, 5) is 26.0. The molecule has 2 saturated heterocycles. The maximum atomic E-state index is 12.5. The number of aromatic nitrogens is 2. The minimum atomic E-state index is -0.197. The molecule has 2 aliphatic heterocycles. The lowest BCUT2D eigenvalue weighted by Crippen LogP contribution is -2.50. The van der Waals surface area contributed by atoms with Crippen LogP contribution in [0.5, 0.6) is 0 Å². The molecule has 148 valence electrons. The van der Waals surface area contributed by atoms with Gasteiger partial charge in [-0.1, -0.05) is 6.07 Å². The average molecular weight is 380 g/mol. The number of hydrogen-bond donors (Lipinski definition) is 2. The van der Waals surface area contributed by atoms with Crippen molar-refractivity contribution in [2.24, 2.45) is 0 Å². The topological polar surface area (TPSA) is 73.4 Å². The van der Waals surface area contributed by atoms with E-state index in [0.29, 0.717) is 11.7 Å². The van der Waals surface area contributed by atoms with E-state index in [4.69, 9.17) is 0 Å². The number of amides is 1. The minimum Gasteiger partial charge on any atom is -0.354 e. The molecule has 1 amide bonds. The van der Waals surface area contributed by atoms with E-state index in [1.807, 2.05) is 12.1 Å². The van der Waals surface area contributed by atoms with Crippen molar-refractivity contribution in [3.63, 3.8) is 0 Å². The summed E-state index contributed by atoms with van der Waals surface area (Å²) in [7, 11) is 0. The third-order valence-corrected chi connectivity index (χ3v) is 5.61. The molecular formula is C21H28N6O. The second-order valence-corrected chi connectivity index (χ2v) is 7.43. The van der Waals surface area contributed by atoms with E-state index >= 15 is 0 Å². The Kier molecular flexibility index (Phi) is 6.14. The van der Waals surface area contributed by atoms with E-state index in [1.54, 1.807) is 30.6 Å². The summed E-state index contributed by atoms with van der Waals surface area (Å²) in [5, 5.41) is 6.37. The van der Waals surface area contributed by atoms with Crippen LogP contribution in [0.25, 0.3) is 0 Å². The van der Waals surface area contributed by atoms with Crippen molar-refractivity contribution in [1.82, 2.24) is 20.2 Å². The van der Waals surface area contributed by atoms with Crippen LogP contribution in [0.2, 0.25) is 0 Å². The Labute approximate surface area is 166 Å². The van der Waals surface area contributed by atoms with Gasteiger partial charge in [-0.2, -0.15) is 0 Å². The van der Waals surface area contributed by atoms with Crippen LogP contribution in [0.4, 0.5) is 11.5 Å². The Bertz CT molecular complexity index is 767. The van der Waals surface area contributed by atoms with E-state index in [0.717, 1.165) is 50.8 Å². The molecule has 0 aliphatic carbocycles. The third kappa shape index (κ3) is 4.66. The number of nitrogens with one attached hydrogen (secondary N) is 2. The molecule has 1 unspecified atom stereocenters. The highest BCUT2D eigenvalue weighted by atomic mass is 16.1. The molecule has 2 aromatic rings. The molecule has 2 fully saturated rings. The number of carbonyl (C=O) groups is 1. The molecule has 28 heavy (non-hydrogen) atoms.